The molecule has 1 aromatic heterocycles. The number of aromatic nitrogens is 1. The lowest BCUT2D eigenvalue weighted by Crippen LogP contribution is -2.31. The van der Waals surface area contributed by atoms with Crippen molar-refractivity contribution in [1.29, 1.82) is 0 Å². The standard InChI is InChI=1S/C13H17BrN2O2/c1-16-6-4-9(5-7-16)8-12(18)10-2-3-11(17)13(14)15-10/h2-3,9,17H,4-8H2,1H3. The molecule has 0 spiro atoms. The second-order valence-corrected chi connectivity index (χ2v) is 5.63. The predicted octanol–water partition coefficient (Wildman–Crippen LogP) is 2.46. The molecule has 0 radical (unpaired) electrons. The minimum atomic E-state index is 0.0604. The highest BCUT2D eigenvalue weighted by Gasteiger charge is 2.21. The van der Waals surface area contributed by atoms with Crippen LogP contribution in [0.1, 0.15) is 29.8 Å². The van der Waals surface area contributed by atoms with Crippen molar-refractivity contribution in [2.75, 3.05) is 20.1 Å². The molecule has 98 valence electrons. The third kappa shape index (κ3) is 3.29. The molecular formula is C13H17BrN2O2. The van der Waals surface area contributed by atoms with Gasteiger partial charge in [0.2, 0.25) is 0 Å². The topological polar surface area (TPSA) is 53.4 Å². The Labute approximate surface area is 115 Å². The van der Waals surface area contributed by atoms with Crippen LogP contribution in [0.4, 0.5) is 0 Å². The molecule has 0 aliphatic carbocycles. The van der Waals surface area contributed by atoms with Gasteiger partial charge >= 0.3 is 0 Å². The highest BCUT2D eigenvalue weighted by molar-refractivity contribution is 9.10. The maximum absolute atomic E-state index is 12.1. The fourth-order valence-corrected chi connectivity index (χ4v) is 2.54. The van der Waals surface area contributed by atoms with Gasteiger partial charge in [0.15, 0.2) is 5.78 Å². The number of halogens is 1. The van der Waals surface area contributed by atoms with Crippen molar-refractivity contribution >= 4 is 21.7 Å². The SMILES string of the molecule is CN1CCC(CC(=O)c2ccc(O)c(Br)n2)CC1. The number of aromatic hydroxyl groups is 1. The monoisotopic (exact) mass is 312 g/mol. The van der Waals surface area contributed by atoms with Crippen molar-refractivity contribution in [2.24, 2.45) is 5.92 Å². The molecule has 18 heavy (non-hydrogen) atoms. The number of rotatable bonds is 3. The van der Waals surface area contributed by atoms with E-state index in [1.165, 1.54) is 6.07 Å². The molecule has 0 atom stereocenters. The summed E-state index contributed by atoms with van der Waals surface area (Å²) in [5.74, 6) is 0.583. The zero-order valence-electron chi connectivity index (χ0n) is 10.4. The van der Waals surface area contributed by atoms with Gasteiger partial charge in [0.1, 0.15) is 16.0 Å². The zero-order chi connectivity index (χ0) is 13.1. The Balaban J connectivity index is 1.97. The molecule has 0 bridgehead atoms. The number of hydrogen-bond donors (Lipinski definition) is 1. The van der Waals surface area contributed by atoms with Gasteiger partial charge in [0, 0.05) is 6.42 Å². The molecular weight excluding hydrogens is 296 g/mol. The molecule has 1 aliphatic heterocycles. The van der Waals surface area contributed by atoms with Gasteiger partial charge in [-0.2, -0.15) is 0 Å². The van der Waals surface area contributed by atoms with Crippen LogP contribution in [0, 0.1) is 5.92 Å². The number of nitrogens with zero attached hydrogens (tertiary/aromatic N) is 2. The first kappa shape index (κ1) is 13.5. The van der Waals surface area contributed by atoms with Crippen molar-refractivity contribution in [2.45, 2.75) is 19.3 Å². The van der Waals surface area contributed by atoms with Crippen LogP contribution in [0.2, 0.25) is 0 Å². The predicted molar refractivity (Wildman–Crippen MR) is 72.8 cm³/mol. The van der Waals surface area contributed by atoms with E-state index >= 15 is 0 Å². The number of pyridine rings is 1. The van der Waals surface area contributed by atoms with Crippen molar-refractivity contribution in [3.63, 3.8) is 0 Å². The summed E-state index contributed by atoms with van der Waals surface area (Å²) in [4.78, 5) is 18.4. The van der Waals surface area contributed by atoms with Gasteiger partial charge in [0.05, 0.1) is 0 Å². The number of ketones is 1. The van der Waals surface area contributed by atoms with E-state index in [4.69, 9.17) is 0 Å². The van der Waals surface area contributed by atoms with Gasteiger partial charge < -0.3 is 10.0 Å². The average molecular weight is 313 g/mol. The zero-order valence-corrected chi connectivity index (χ0v) is 12.0. The van der Waals surface area contributed by atoms with Crippen molar-refractivity contribution in [3.8, 4) is 5.75 Å². The van der Waals surface area contributed by atoms with Crippen LogP contribution in [0.5, 0.6) is 5.75 Å². The first-order chi connectivity index (χ1) is 8.56. The van der Waals surface area contributed by atoms with E-state index in [0.29, 0.717) is 22.6 Å². The Morgan fingerprint density at radius 1 is 1.50 bits per heavy atom. The van der Waals surface area contributed by atoms with Gasteiger partial charge in [-0.1, -0.05) is 0 Å². The summed E-state index contributed by atoms with van der Waals surface area (Å²) >= 11 is 3.13. The Morgan fingerprint density at radius 2 is 2.17 bits per heavy atom. The summed E-state index contributed by atoms with van der Waals surface area (Å²) in [5, 5.41) is 9.35. The molecule has 0 aromatic carbocycles. The summed E-state index contributed by atoms with van der Waals surface area (Å²) in [6.07, 6.45) is 2.70. The third-order valence-corrected chi connectivity index (χ3v) is 4.01. The highest BCUT2D eigenvalue weighted by Crippen LogP contribution is 2.24. The van der Waals surface area contributed by atoms with E-state index < -0.39 is 0 Å². The Kier molecular flexibility index (Phi) is 4.35. The number of Topliss-reactive ketones (excluding diaryl/α,β-unsaturated/α-hetero) is 1. The normalized spacial score (nSPS) is 17.9. The lowest BCUT2D eigenvalue weighted by atomic mass is 9.91. The maximum Gasteiger partial charge on any atom is 0.181 e. The number of carbonyl (C=O) groups excluding carboxylic acids is 1. The fraction of sp³-hybridized carbons (Fsp3) is 0.538. The molecule has 2 heterocycles. The Hall–Kier alpha value is -0.940. The van der Waals surface area contributed by atoms with E-state index in [1.807, 2.05) is 0 Å². The average Bonchev–Trinajstić information content (AvgIpc) is 2.35. The molecule has 1 N–H and O–H groups in total. The Bertz CT molecular complexity index is 443. The third-order valence-electron chi connectivity index (χ3n) is 3.43. The van der Waals surface area contributed by atoms with E-state index in [-0.39, 0.29) is 11.5 Å². The maximum atomic E-state index is 12.1. The van der Waals surface area contributed by atoms with Gasteiger partial charge in [-0.05, 0) is 67.0 Å². The molecule has 4 nitrogen and oxygen atoms in total. The molecule has 0 amide bonds. The molecule has 5 heteroatoms. The second-order valence-electron chi connectivity index (χ2n) is 4.88. The lowest BCUT2D eigenvalue weighted by Gasteiger charge is -2.28. The highest BCUT2D eigenvalue weighted by atomic mass is 79.9. The van der Waals surface area contributed by atoms with Gasteiger partial charge in [-0.15, -0.1) is 0 Å². The van der Waals surface area contributed by atoms with Crippen LogP contribution in [-0.4, -0.2) is 40.9 Å². The van der Waals surface area contributed by atoms with Gasteiger partial charge in [-0.3, -0.25) is 4.79 Å². The molecule has 0 unspecified atom stereocenters. The number of piperidine rings is 1. The van der Waals surface area contributed by atoms with Crippen molar-refractivity contribution in [1.82, 2.24) is 9.88 Å². The Morgan fingerprint density at radius 3 is 2.78 bits per heavy atom. The van der Waals surface area contributed by atoms with Crippen LogP contribution in [-0.2, 0) is 0 Å². The second kappa shape index (κ2) is 5.80. The van der Waals surface area contributed by atoms with E-state index in [2.05, 4.69) is 32.9 Å². The van der Waals surface area contributed by atoms with Crippen molar-refractivity contribution in [3.05, 3.63) is 22.4 Å². The quantitative estimate of drug-likeness (QED) is 0.688. The van der Waals surface area contributed by atoms with E-state index in [0.717, 1.165) is 25.9 Å². The summed E-state index contributed by atoms with van der Waals surface area (Å²) < 4.78 is 0.330. The largest absolute Gasteiger partial charge is 0.505 e. The molecule has 1 aromatic rings. The summed E-state index contributed by atoms with van der Waals surface area (Å²) in [5.41, 5.74) is 0.429. The number of carbonyl (C=O) groups is 1. The smallest absolute Gasteiger partial charge is 0.181 e. The minimum Gasteiger partial charge on any atom is -0.505 e. The van der Waals surface area contributed by atoms with Crippen LogP contribution in [0.25, 0.3) is 0 Å². The van der Waals surface area contributed by atoms with Gasteiger partial charge in [0.25, 0.3) is 0 Å². The number of likely N-dealkylation sites (tertiary alicyclic amines) is 1. The first-order valence-corrected chi connectivity index (χ1v) is 6.93. The van der Waals surface area contributed by atoms with E-state index in [9.17, 15) is 9.90 Å². The molecule has 0 saturated carbocycles. The summed E-state index contributed by atoms with van der Waals surface area (Å²) in [6, 6.07) is 3.08. The summed E-state index contributed by atoms with van der Waals surface area (Å²) in [7, 11) is 2.11. The number of hydrogen-bond acceptors (Lipinski definition) is 4. The molecule has 2 rings (SSSR count). The van der Waals surface area contributed by atoms with Crippen LogP contribution < -0.4 is 0 Å². The van der Waals surface area contributed by atoms with Crippen LogP contribution in [0.3, 0.4) is 0 Å². The lowest BCUT2D eigenvalue weighted by molar-refractivity contribution is 0.0931. The first-order valence-electron chi connectivity index (χ1n) is 6.13. The van der Waals surface area contributed by atoms with Crippen LogP contribution >= 0.6 is 15.9 Å². The molecule has 1 aliphatic rings. The van der Waals surface area contributed by atoms with Gasteiger partial charge in [-0.25, -0.2) is 4.98 Å². The van der Waals surface area contributed by atoms with Crippen LogP contribution in [0.15, 0.2) is 16.7 Å². The van der Waals surface area contributed by atoms with Crippen molar-refractivity contribution < 1.29 is 9.90 Å². The molecule has 1 fully saturated rings. The van der Waals surface area contributed by atoms with E-state index in [1.54, 1.807) is 6.07 Å². The minimum absolute atomic E-state index is 0.0604. The summed E-state index contributed by atoms with van der Waals surface area (Å²) in [6.45, 7) is 2.12. The fourth-order valence-electron chi connectivity index (χ4n) is 2.22. The molecule has 1 saturated heterocycles.